The van der Waals surface area contributed by atoms with Crippen LogP contribution in [0, 0.1) is 0 Å². The highest BCUT2D eigenvalue weighted by Crippen LogP contribution is 2.42. The number of aromatic nitrogens is 2. The van der Waals surface area contributed by atoms with E-state index in [1.165, 1.54) is 21.9 Å². The third kappa shape index (κ3) is 4.03. The molecule has 2 aromatic heterocycles. The van der Waals surface area contributed by atoms with E-state index in [1.54, 1.807) is 41.9 Å². The second-order valence-electron chi connectivity index (χ2n) is 8.50. The third-order valence-corrected chi connectivity index (χ3v) is 9.40. The summed E-state index contributed by atoms with van der Waals surface area (Å²) in [6, 6.07) is 26.5. The highest BCUT2D eigenvalue weighted by atomic mass is 32.2. The van der Waals surface area contributed by atoms with Gasteiger partial charge in [0, 0.05) is 16.1 Å². The summed E-state index contributed by atoms with van der Waals surface area (Å²) in [4.78, 5) is 12.6. The number of rotatable bonds is 5. The zero-order valence-electron chi connectivity index (χ0n) is 19.2. The molecule has 0 atom stereocenters. The summed E-state index contributed by atoms with van der Waals surface area (Å²) < 4.78 is 35.4. The largest absolute Gasteiger partial charge is 0.436 e. The number of thioether (sulfide) groups is 1. The zero-order valence-corrected chi connectivity index (χ0v) is 21.6. The lowest BCUT2D eigenvalue weighted by Gasteiger charge is -2.18. The Morgan fingerprint density at radius 3 is 2.68 bits per heavy atom. The van der Waals surface area contributed by atoms with E-state index in [2.05, 4.69) is 56.0 Å². The van der Waals surface area contributed by atoms with Crippen LogP contribution in [0.5, 0.6) is 0 Å². The Balaban J connectivity index is 1.14. The molecule has 7 rings (SSSR count). The van der Waals surface area contributed by atoms with Crippen LogP contribution in [0.4, 0.5) is 17.1 Å². The standard InChI is InChI=1S/C27H18N4O3S3/c32-37(33,20-10-11-21-26(14-20)35-15-28-21)30-18-7-12-24-22(13-18)29-27(34-24)17-5-8-19(9-6-17)31-16-36-25-4-2-1-3-23(25)31/h1-15,30H,16H2. The van der Waals surface area contributed by atoms with Crippen molar-refractivity contribution in [2.45, 2.75) is 9.79 Å². The molecule has 1 aliphatic heterocycles. The lowest BCUT2D eigenvalue weighted by atomic mass is 10.2. The van der Waals surface area contributed by atoms with Gasteiger partial charge in [-0.05, 0) is 72.8 Å². The average molecular weight is 543 g/mol. The van der Waals surface area contributed by atoms with Gasteiger partial charge in [-0.1, -0.05) is 12.1 Å². The molecule has 4 aromatic carbocycles. The van der Waals surface area contributed by atoms with Crippen LogP contribution < -0.4 is 9.62 Å². The molecule has 7 nitrogen and oxygen atoms in total. The van der Waals surface area contributed by atoms with Gasteiger partial charge in [0.1, 0.15) is 5.52 Å². The maximum absolute atomic E-state index is 13.0. The Bertz CT molecular complexity index is 1900. The number of benzene rings is 4. The van der Waals surface area contributed by atoms with Crippen LogP contribution in [-0.4, -0.2) is 24.3 Å². The minimum Gasteiger partial charge on any atom is -0.436 e. The Morgan fingerprint density at radius 2 is 1.78 bits per heavy atom. The second kappa shape index (κ2) is 8.62. The Labute approximate surface area is 220 Å². The first-order valence-electron chi connectivity index (χ1n) is 11.4. The van der Waals surface area contributed by atoms with Crippen molar-refractivity contribution in [2.24, 2.45) is 0 Å². The van der Waals surface area contributed by atoms with Crippen molar-refractivity contribution in [3.05, 3.63) is 90.4 Å². The summed E-state index contributed by atoms with van der Waals surface area (Å²) >= 11 is 3.22. The predicted octanol–water partition coefficient (Wildman–Crippen LogP) is 7.11. The van der Waals surface area contributed by atoms with Gasteiger partial charge in [-0.3, -0.25) is 4.72 Å². The van der Waals surface area contributed by atoms with Gasteiger partial charge in [0.15, 0.2) is 5.58 Å². The molecule has 0 amide bonds. The normalized spacial score (nSPS) is 13.4. The molecule has 182 valence electrons. The predicted molar refractivity (Wildman–Crippen MR) is 149 cm³/mol. The molecule has 0 bridgehead atoms. The molecule has 0 spiro atoms. The number of oxazole rings is 1. The SMILES string of the molecule is O=S(=O)(Nc1ccc2oc(-c3ccc(N4CSc5ccccc54)cc3)nc2c1)c1ccc2ncsc2c1. The second-order valence-corrected chi connectivity index (χ2v) is 12.1. The van der Waals surface area contributed by atoms with E-state index in [9.17, 15) is 8.42 Å². The van der Waals surface area contributed by atoms with Gasteiger partial charge in [-0.2, -0.15) is 0 Å². The molecular formula is C27H18N4O3S3. The first-order valence-corrected chi connectivity index (χ1v) is 14.7. The molecule has 37 heavy (non-hydrogen) atoms. The topological polar surface area (TPSA) is 88.3 Å². The fraction of sp³-hybridized carbons (Fsp3) is 0.0370. The highest BCUT2D eigenvalue weighted by Gasteiger charge is 2.21. The van der Waals surface area contributed by atoms with E-state index in [1.807, 2.05) is 23.9 Å². The lowest BCUT2D eigenvalue weighted by molar-refractivity contribution is 0.601. The quantitative estimate of drug-likeness (QED) is 0.248. The van der Waals surface area contributed by atoms with E-state index in [0.29, 0.717) is 22.7 Å². The number of fused-ring (bicyclic) bond motifs is 3. The molecule has 0 radical (unpaired) electrons. The number of nitrogens with zero attached hydrogens (tertiary/aromatic N) is 3. The molecule has 0 aliphatic carbocycles. The van der Waals surface area contributed by atoms with Gasteiger partial charge in [0.25, 0.3) is 10.0 Å². The number of para-hydroxylation sites is 1. The third-order valence-electron chi connectivity index (χ3n) is 6.18. The van der Waals surface area contributed by atoms with Crippen LogP contribution in [0.1, 0.15) is 0 Å². The van der Waals surface area contributed by atoms with Gasteiger partial charge in [0.2, 0.25) is 5.89 Å². The molecule has 6 aromatic rings. The zero-order chi connectivity index (χ0) is 25.0. The van der Waals surface area contributed by atoms with Crippen molar-refractivity contribution in [3.8, 4) is 11.5 Å². The minimum absolute atomic E-state index is 0.185. The number of nitrogens with one attached hydrogen (secondary N) is 1. The van der Waals surface area contributed by atoms with Crippen LogP contribution in [0.3, 0.4) is 0 Å². The molecule has 1 aliphatic rings. The van der Waals surface area contributed by atoms with Gasteiger partial charge >= 0.3 is 0 Å². The Morgan fingerprint density at radius 1 is 0.919 bits per heavy atom. The number of sulfonamides is 1. The van der Waals surface area contributed by atoms with Crippen LogP contribution in [0.2, 0.25) is 0 Å². The summed E-state index contributed by atoms with van der Waals surface area (Å²) in [6.45, 7) is 0. The molecule has 1 N–H and O–H groups in total. The number of hydrogen-bond acceptors (Lipinski definition) is 8. The monoisotopic (exact) mass is 542 g/mol. The fourth-order valence-electron chi connectivity index (χ4n) is 4.33. The van der Waals surface area contributed by atoms with E-state index >= 15 is 0 Å². The molecule has 10 heteroatoms. The summed E-state index contributed by atoms with van der Waals surface area (Å²) in [5.74, 6) is 1.35. The van der Waals surface area contributed by atoms with E-state index < -0.39 is 10.0 Å². The first kappa shape index (κ1) is 22.3. The molecule has 0 unspecified atom stereocenters. The maximum Gasteiger partial charge on any atom is 0.261 e. The van der Waals surface area contributed by atoms with Crippen LogP contribution in [-0.2, 0) is 10.0 Å². The summed E-state index contributed by atoms with van der Waals surface area (Å²) in [5, 5.41) is 0. The Kier molecular flexibility index (Phi) is 5.20. The van der Waals surface area contributed by atoms with Crippen LogP contribution in [0.25, 0.3) is 32.8 Å². The van der Waals surface area contributed by atoms with Gasteiger partial charge < -0.3 is 9.32 Å². The molecule has 0 saturated carbocycles. The van der Waals surface area contributed by atoms with Crippen LogP contribution in [0.15, 0.2) is 105 Å². The Hall–Kier alpha value is -3.86. The van der Waals surface area contributed by atoms with Crippen molar-refractivity contribution >= 4 is 71.5 Å². The van der Waals surface area contributed by atoms with E-state index in [0.717, 1.165) is 27.3 Å². The lowest BCUT2D eigenvalue weighted by Crippen LogP contribution is -2.12. The van der Waals surface area contributed by atoms with Crippen molar-refractivity contribution in [3.63, 3.8) is 0 Å². The van der Waals surface area contributed by atoms with E-state index in [4.69, 9.17) is 4.42 Å². The van der Waals surface area contributed by atoms with Crippen molar-refractivity contribution in [1.82, 2.24) is 9.97 Å². The number of hydrogen-bond donors (Lipinski definition) is 1. The van der Waals surface area contributed by atoms with Gasteiger partial charge in [0.05, 0.1) is 37.9 Å². The van der Waals surface area contributed by atoms with E-state index in [-0.39, 0.29) is 4.90 Å². The molecule has 0 fully saturated rings. The van der Waals surface area contributed by atoms with Gasteiger partial charge in [-0.15, -0.1) is 23.1 Å². The molecular weight excluding hydrogens is 525 g/mol. The number of anilines is 3. The van der Waals surface area contributed by atoms with Crippen molar-refractivity contribution in [1.29, 1.82) is 0 Å². The molecule has 3 heterocycles. The summed E-state index contributed by atoms with van der Waals surface area (Å²) in [5.41, 5.74) is 7.20. The first-order chi connectivity index (χ1) is 18.0. The van der Waals surface area contributed by atoms with Crippen LogP contribution >= 0.6 is 23.1 Å². The fourth-order valence-corrected chi connectivity index (χ4v) is 7.26. The van der Waals surface area contributed by atoms with Crippen molar-refractivity contribution in [2.75, 3.05) is 15.5 Å². The molecule has 0 saturated heterocycles. The minimum atomic E-state index is -3.77. The van der Waals surface area contributed by atoms with Gasteiger partial charge in [-0.25, -0.2) is 18.4 Å². The average Bonchev–Trinajstić information content (AvgIpc) is 3.66. The number of thiazole rings is 1. The highest BCUT2D eigenvalue weighted by molar-refractivity contribution is 7.99. The smallest absolute Gasteiger partial charge is 0.261 e. The maximum atomic E-state index is 13.0. The summed E-state index contributed by atoms with van der Waals surface area (Å²) in [7, 11) is -3.77. The summed E-state index contributed by atoms with van der Waals surface area (Å²) in [6.07, 6.45) is 0. The van der Waals surface area contributed by atoms with Crippen molar-refractivity contribution < 1.29 is 12.8 Å².